The number of hydrogen-bond donors (Lipinski definition) is 2. The fourth-order valence-corrected chi connectivity index (χ4v) is 5.52. The molecule has 2 aromatic rings. The molecular weight excluding hydrogens is 382 g/mol. The first-order valence-corrected chi connectivity index (χ1v) is 10.3. The van der Waals surface area contributed by atoms with Crippen LogP contribution in [0.2, 0.25) is 0 Å². The molecule has 0 aliphatic carbocycles. The number of carbonyl (C=O) groups excluding carboxylic acids is 2. The molecule has 2 aromatic carbocycles. The van der Waals surface area contributed by atoms with Crippen LogP contribution in [0.1, 0.15) is 24.8 Å². The van der Waals surface area contributed by atoms with Crippen LogP contribution in [0.25, 0.3) is 0 Å². The minimum absolute atomic E-state index is 0.0967. The summed E-state index contributed by atoms with van der Waals surface area (Å²) in [7, 11) is 3.13. The van der Waals surface area contributed by atoms with E-state index in [9.17, 15) is 9.59 Å². The van der Waals surface area contributed by atoms with Crippen LogP contribution in [0.3, 0.4) is 0 Å². The Balaban J connectivity index is 1.52. The number of nitrogens with one attached hydrogen (secondary N) is 2. The molecular formula is C23H25N3O4. The van der Waals surface area contributed by atoms with Gasteiger partial charge >= 0.3 is 0 Å². The number of ether oxygens (including phenoxy) is 2. The van der Waals surface area contributed by atoms with Crippen LogP contribution in [0.15, 0.2) is 42.5 Å². The lowest BCUT2D eigenvalue weighted by molar-refractivity contribution is -0.135. The number of fused-ring (bicyclic) bond motifs is 4. The zero-order valence-electron chi connectivity index (χ0n) is 17.1. The van der Waals surface area contributed by atoms with Crippen molar-refractivity contribution >= 4 is 23.2 Å². The molecule has 0 aromatic heterocycles. The van der Waals surface area contributed by atoms with Gasteiger partial charge in [0.05, 0.1) is 20.1 Å². The lowest BCUT2D eigenvalue weighted by atomic mass is 9.78. The molecule has 156 valence electrons. The van der Waals surface area contributed by atoms with Crippen molar-refractivity contribution in [2.45, 2.75) is 30.8 Å². The molecule has 2 fully saturated rings. The molecule has 7 heteroatoms. The normalized spacial score (nSPS) is 26.9. The zero-order chi connectivity index (χ0) is 20.9. The smallest absolute Gasteiger partial charge is 0.250 e. The SMILES string of the molecule is COc1ccc(NC(=O)[C@H]2C[C@H]3CCCN3[C@@]23C(=O)Nc2ccccc23)cc1OC. The number of hydrogen-bond acceptors (Lipinski definition) is 5. The molecule has 3 heterocycles. The first-order chi connectivity index (χ1) is 14.6. The summed E-state index contributed by atoms with van der Waals surface area (Å²) in [5, 5.41) is 6.05. The minimum atomic E-state index is -0.946. The van der Waals surface area contributed by atoms with Gasteiger partial charge in [0.15, 0.2) is 11.5 Å². The second kappa shape index (κ2) is 7.02. The number of rotatable bonds is 4. The van der Waals surface area contributed by atoms with Gasteiger partial charge in [0, 0.05) is 29.0 Å². The molecule has 0 saturated carbocycles. The Bertz CT molecular complexity index is 1020. The van der Waals surface area contributed by atoms with E-state index in [1.54, 1.807) is 32.4 Å². The van der Waals surface area contributed by atoms with Gasteiger partial charge in [0.2, 0.25) is 11.8 Å². The Morgan fingerprint density at radius 1 is 1.17 bits per heavy atom. The van der Waals surface area contributed by atoms with Crippen molar-refractivity contribution in [2.24, 2.45) is 5.92 Å². The van der Waals surface area contributed by atoms with Crippen LogP contribution in [-0.4, -0.2) is 43.5 Å². The Morgan fingerprint density at radius 3 is 2.77 bits per heavy atom. The highest BCUT2D eigenvalue weighted by Crippen LogP contribution is 2.55. The van der Waals surface area contributed by atoms with E-state index in [2.05, 4.69) is 15.5 Å². The molecule has 3 aliphatic heterocycles. The molecule has 2 saturated heterocycles. The number of benzene rings is 2. The number of amides is 2. The summed E-state index contributed by atoms with van der Waals surface area (Å²) in [4.78, 5) is 29.2. The third-order valence-corrected chi connectivity index (χ3v) is 6.74. The topological polar surface area (TPSA) is 79.9 Å². The highest BCUT2D eigenvalue weighted by molar-refractivity contribution is 6.10. The maximum absolute atomic E-state index is 13.5. The van der Waals surface area contributed by atoms with Crippen LogP contribution in [0.5, 0.6) is 11.5 Å². The van der Waals surface area contributed by atoms with E-state index in [1.807, 2.05) is 24.3 Å². The quantitative estimate of drug-likeness (QED) is 0.815. The number of para-hydroxylation sites is 1. The predicted octanol–water partition coefficient (Wildman–Crippen LogP) is 2.97. The van der Waals surface area contributed by atoms with E-state index in [0.717, 1.165) is 30.6 Å². The van der Waals surface area contributed by atoms with Gasteiger partial charge in [-0.3, -0.25) is 14.5 Å². The van der Waals surface area contributed by atoms with Gasteiger partial charge in [0.25, 0.3) is 0 Å². The summed E-state index contributed by atoms with van der Waals surface area (Å²) in [5.74, 6) is 0.419. The summed E-state index contributed by atoms with van der Waals surface area (Å²) >= 11 is 0. The highest BCUT2D eigenvalue weighted by Gasteiger charge is 2.65. The van der Waals surface area contributed by atoms with Gasteiger partial charge in [-0.15, -0.1) is 0 Å². The van der Waals surface area contributed by atoms with Gasteiger partial charge in [-0.1, -0.05) is 18.2 Å². The van der Waals surface area contributed by atoms with Crippen molar-refractivity contribution in [2.75, 3.05) is 31.4 Å². The Morgan fingerprint density at radius 2 is 1.97 bits per heavy atom. The van der Waals surface area contributed by atoms with Crippen LogP contribution in [0.4, 0.5) is 11.4 Å². The van der Waals surface area contributed by atoms with Crippen molar-refractivity contribution in [1.82, 2.24) is 4.90 Å². The van der Waals surface area contributed by atoms with Crippen molar-refractivity contribution in [3.05, 3.63) is 48.0 Å². The van der Waals surface area contributed by atoms with E-state index >= 15 is 0 Å². The number of anilines is 2. The third kappa shape index (κ3) is 2.55. The van der Waals surface area contributed by atoms with Crippen LogP contribution in [-0.2, 0) is 15.1 Å². The first kappa shape index (κ1) is 18.9. The fourth-order valence-electron chi connectivity index (χ4n) is 5.52. The van der Waals surface area contributed by atoms with Crippen LogP contribution >= 0.6 is 0 Å². The maximum atomic E-state index is 13.5. The Kier molecular flexibility index (Phi) is 4.43. The molecule has 3 atom stereocenters. The molecule has 2 N–H and O–H groups in total. The van der Waals surface area contributed by atoms with Crippen molar-refractivity contribution in [3.63, 3.8) is 0 Å². The average molecular weight is 407 g/mol. The summed E-state index contributed by atoms with van der Waals surface area (Å²) in [6.45, 7) is 0.826. The van der Waals surface area contributed by atoms with E-state index in [1.165, 1.54) is 0 Å². The number of methoxy groups -OCH3 is 2. The Hall–Kier alpha value is -3.06. The standard InChI is InChI=1S/C23H25N3O4/c1-29-19-10-9-14(12-20(19)30-2)24-21(27)17-13-15-6-5-11-26(15)23(17)16-7-3-4-8-18(16)25-22(23)28/h3-4,7-10,12,15,17H,5-6,11,13H2,1-2H3,(H,24,27)(H,25,28)/t15-,17-,23-/m1/s1. The molecule has 0 bridgehead atoms. The molecule has 30 heavy (non-hydrogen) atoms. The predicted molar refractivity (Wildman–Crippen MR) is 113 cm³/mol. The molecule has 0 radical (unpaired) electrons. The molecule has 5 rings (SSSR count). The maximum Gasteiger partial charge on any atom is 0.250 e. The van der Waals surface area contributed by atoms with E-state index in [-0.39, 0.29) is 17.9 Å². The monoisotopic (exact) mass is 407 g/mol. The van der Waals surface area contributed by atoms with Crippen LogP contribution in [0, 0.1) is 5.92 Å². The Labute approximate surface area is 175 Å². The van der Waals surface area contributed by atoms with E-state index in [0.29, 0.717) is 23.6 Å². The van der Waals surface area contributed by atoms with Gasteiger partial charge < -0.3 is 20.1 Å². The van der Waals surface area contributed by atoms with E-state index in [4.69, 9.17) is 9.47 Å². The number of carbonyl (C=O) groups is 2. The minimum Gasteiger partial charge on any atom is -0.493 e. The zero-order valence-corrected chi connectivity index (χ0v) is 17.1. The lowest BCUT2D eigenvalue weighted by Gasteiger charge is -2.36. The summed E-state index contributed by atoms with van der Waals surface area (Å²) in [6, 6.07) is 13.3. The summed E-state index contributed by atoms with van der Waals surface area (Å²) in [6.07, 6.45) is 2.73. The molecule has 2 amide bonds. The van der Waals surface area contributed by atoms with Gasteiger partial charge in [-0.05, 0) is 44.0 Å². The highest BCUT2D eigenvalue weighted by atomic mass is 16.5. The molecule has 3 aliphatic rings. The van der Waals surface area contributed by atoms with Gasteiger partial charge in [-0.2, -0.15) is 0 Å². The number of nitrogens with zero attached hydrogens (tertiary/aromatic N) is 1. The molecule has 7 nitrogen and oxygen atoms in total. The molecule has 0 unspecified atom stereocenters. The third-order valence-electron chi connectivity index (χ3n) is 6.74. The van der Waals surface area contributed by atoms with E-state index < -0.39 is 11.5 Å². The van der Waals surface area contributed by atoms with Crippen LogP contribution < -0.4 is 20.1 Å². The van der Waals surface area contributed by atoms with Gasteiger partial charge in [-0.25, -0.2) is 0 Å². The second-order valence-corrected chi connectivity index (χ2v) is 8.10. The summed E-state index contributed by atoms with van der Waals surface area (Å²) in [5.41, 5.74) is 1.38. The summed E-state index contributed by atoms with van der Waals surface area (Å²) < 4.78 is 10.6. The first-order valence-electron chi connectivity index (χ1n) is 10.3. The largest absolute Gasteiger partial charge is 0.493 e. The second-order valence-electron chi connectivity index (χ2n) is 8.10. The fraction of sp³-hybridized carbons (Fsp3) is 0.391. The van der Waals surface area contributed by atoms with Crippen molar-refractivity contribution in [3.8, 4) is 11.5 Å². The van der Waals surface area contributed by atoms with Crippen molar-refractivity contribution in [1.29, 1.82) is 0 Å². The van der Waals surface area contributed by atoms with Gasteiger partial charge in [0.1, 0.15) is 5.54 Å². The average Bonchev–Trinajstić information content (AvgIpc) is 3.42. The lowest BCUT2D eigenvalue weighted by Crippen LogP contribution is -2.53. The van der Waals surface area contributed by atoms with Crippen molar-refractivity contribution < 1.29 is 19.1 Å². The molecule has 1 spiro atoms.